The zero-order chi connectivity index (χ0) is 11.4. The van der Waals surface area contributed by atoms with Crippen molar-refractivity contribution in [3.05, 3.63) is 29.3 Å². The fraction of sp³-hybridized carbons (Fsp3) is 0.571. The Morgan fingerprint density at radius 1 is 1.38 bits per heavy atom. The summed E-state index contributed by atoms with van der Waals surface area (Å²) >= 11 is 0. The van der Waals surface area contributed by atoms with E-state index in [0.29, 0.717) is 0 Å². The molecule has 0 fully saturated rings. The second kappa shape index (κ2) is 5.35. The smallest absolute Gasteiger partial charge is 0.0389 e. The van der Waals surface area contributed by atoms with Gasteiger partial charge in [0, 0.05) is 25.3 Å². The van der Waals surface area contributed by atoms with Crippen molar-refractivity contribution in [1.29, 1.82) is 0 Å². The van der Waals surface area contributed by atoms with Crippen molar-refractivity contribution in [2.75, 3.05) is 25.5 Å². The second-order valence-corrected chi connectivity index (χ2v) is 4.76. The summed E-state index contributed by atoms with van der Waals surface area (Å²) in [7, 11) is 2.18. The third-order valence-corrected chi connectivity index (χ3v) is 3.24. The molecule has 16 heavy (non-hydrogen) atoms. The van der Waals surface area contributed by atoms with Crippen LogP contribution >= 0.6 is 0 Å². The number of benzene rings is 1. The summed E-state index contributed by atoms with van der Waals surface area (Å²) in [6.07, 6.45) is 3.77. The Morgan fingerprint density at radius 2 is 2.25 bits per heavy atom. The quantitative estimate of drug-likeness (QED) is 0.839. The van der Waals surface area contributed by atoms with Gasteiger partial charge in [-0.1, -0.05) is 25.5 Å². The van der Waals surface area contributed by atoms with Crippen molar-refractivity contribution in [1.82, 2.24) is 4.90 Å². The van der Waals surface area contributed by atoms with E-state index in [1.807, 2.05) is 0 Å². The minimum atomic E-state index is 1.06. The third-order valence-electron chi connectivity index (χ3n) is 3.24. The molecule has 1 aromatic carbocycles. The van der Waals surface area contributed by atoms with E-state index in [1.165, 1.54) is 36.1 Å². The van der Waals surface area contributed by atoms with Crippen LogP contribution in [0.2, 0.25) is 0 Å². The van der Waals surface area contributed by atoms with Crippen molar-refractivity contribution >= 4 is 5.69 Å². The lowest BCUT2D eigenvalue weighted by Crippen LogP contribution is -2.20. The first-order valence-electron chi connectivity index (χ1n) is 6.34. The number of rotatable bonds is 3. The number of likely N-dealkylation sites (N-methyl/N-ethyl adjacent to an activating group) is 1. The van der Waals surface area contributed by atoms with Gasteiger partial charge in [-0.2, -0.15) is 0 Å². The molecule has 0 unspecified atom stereocenters. The highest BCUT2D eigenvalue weighted by Crippen LogP contribution is 2.22. The van der Waals surface area contributed by atoms with Gasteiger partial charge in [-0.15, -0.1) is 0 Å². The highest BCUT2D eigenvalue weighted by Gasteiger charge is 2.10. The monoisotopic (exact) mass is 218 g/mol. The van der Waals surface area contributed by atoms with Crippen LogP contribution in [0.4, 0.5) is 5.69 Å². The van der Waals surface area contributed by atoms with Gasteiger partial charge >= 0.3 is 0 Å². The molecule has 0 saturated heterocycles. The van der Waals surface area contributed by atoms with Gasteiger partial charge in [0.15, 0.2) is 0 Å². The predicted octanol–water partition coefficient (Wildman–Crippen LogP) is 2.89. The van der Waals surface area contributed by atoms with Crippen LogP contribution in [-0.4, -0.2) is 25.0 Å². The van der Waals surface area contributed by atoms with E-state index in [0.717, 1.165) is 19.6 Å². The Balaban J connectivity index is 2.14. The van der Waals surface area contributed by atoms with Crippen LogP contribution in [0.1, 0.15) is 30.9 Å². The number of nitrogens with one attached hydrogen (secondary N) is 1. The Morgan fingerprint density at radius 3 is 3.06 bits per heavy atom. The van der Waals surface area contributed by atoms with E-state index < -0.39 is 0 Å². The molecular formula is C14H22N2. The molecule has 1 heterocycles. The molecule has 0 bridgehead atoms. The van der Waals surface area contributed by atoms with Crippen LogP contribution in [0.25, 0.3) is 0 Å². The highest BCUT2D eigenvalue weighted by molar-refractivity contribution is 5.54. The van der Waals surface area contributed by atoms with E-state index in [2.05, 4.69) is 42.4 Å². The molecule has 1 aromatic rings. The molecule has 88 valence electrons. The number of fused-ring (bicyclic) bond motifs is 1. The van der Waals surface area contributed by atoms with Crippen molar-refractivity contribution in [2.45, 2.75) is 32.7 Å². The highest BCUT2D eigenvalue weighted by atomic mass is 15.1. The zero-order valence-corrected chi connectivity index (χ0v) is 10.4. The Hall–Kier alpha value is -1.02. The largest absolute Gasteiger partial charge is 0.383 e. The molecule has 1 aliphatic heterocycles. The van der Waals surface area contributed by atoms with Gasteiger partial charge in [-0.25, -0.2) is 0 Å². The summed E-state index contributed by atoms with van der Waals surface area (Å²) in [6.45, 7) is 5.49. The summed E-state index contributed by atoms with van der Waals surface area (Å²) in [6, 6.07) is 6.91. The zero-order valence-electron chi connectivity index (χ0n) is 10.4. The van der Waals surface area contributed by atoms with Crippen LogP contribution in [0.15, 0.2) is 18.2 Å². The normalized spacial score (nSPS) is 16.4. The van der Waals surface area contributed by atoms with E-state index in [9.17, 15) is 0 Å². The summed E-state index contributed by atoms with van der Waals surface area (Å²) in [5, 5.41) is 3.53. The molecular weight excluding hydrogens is 196 g/mol. The van der Waals surface area contributed by atoms with E-state index in [-0.39, 0.29) is 0 Å². The summed E-state index contributed by atoms with van der Waals surface area (Å²) in [5.74, 6) is 0. The van der Waals surface area contributed by atoms with Gasteiger partial charge in [0.25, 0.3) is 0 Å². The number of unbranched alkanes of at least 4 members (excludes halogenated alkanes) is 1. The molecule has 0 atom stereocenters. The Bertz CT molecular complexity index is 347. The van der Waals surface area contributed by atoms with E-state index in [1.54, 1.807) is 0 Å². The minimum Gasteiger partial charge on any atom is -0.383 e. The van der Waals surface area contributed by atoms with Crippen LogP contribution < -0.4 is 5.32 Å². The topological polar surface area (TPSA) is 15.3 Å². The molecule has 0 saturated carbocycles. The van der Waals surface area contributed by atoms with Gasteiger partial charge < -0.3 is 10.2 Å². The van der Waals surface area contributed by atoms with E-state index >= 15 is 0 Å². The first-order chi connectivity index (χ1) is 7.79. The summed E-state index contributed by atoms with van der Waals surface area (Å²) in [4.78, 5) is 2.37. The van der Waals surface area contributed by atoms with Crippen LogP contribution in [0.5, 0.6) is 0 Å². The number of hydrogen-bond acceptors (Lipinski definition) is 2. The van der Waals surface area contributed by atoms with Crippen molar-refractivity contribution < 1.29 is 0 Å². The molecule has 0 radical (unpaired) electrons. The Labute approximate surface area is 98.7 Å². The third kappa shape index (κ3) is 2.76. The summed E-state index contributed by atoms with van der Waals surface area (Å²) < 4.78 is 0. The molecule has 0 amide bonds. The maximum absolute atomic E-state index is 3.53. The lowest BCUT2D eigenvalue weighted by atomic mass is 10.0. The molecule has 0 aromatic heterocycles. The predicted molar refractivity (Wildman–Crippen MR) is 69.9 cm³/mol. The molecule has 2 heteroatoms. The molecule has 2 nitrogen and oxygen atoms in total. The molecule has 2 rings (SSSR count). The van der Waals surface area contributed by atoms with Gasteiger partial charge in [0.05, 0.1) is 0 Å². The second-order valence-electron chi connectivity index (χ2n) is 4.76. The van der Waals surface area contributed by atoms with Crippen molar-refractivity contribution in [3.8, 4) is 0 Å². The molecule has 0 spiro atoms. The SMILES string of the molecule is CCCCc1ccc2c(c1)NCCN(C)C2. The number of aryl methyl sites for hydroxylation is 1. The minimum absolute atomic E-state index is 1.06. The van der Waals surface area contributed by atoms with Gasteiger partial charge in [0.1, 0.15) is 0 Å². The van der Waals surface area contributed by atoms with Crippen molar-refractivity contribution in [3.63, 3.8) is 0 Å². The fourth-order valence-electron chi connectivity index (χ4n) is 2.21. The first-order valence-corrected chi connectivity index (χ1v) is 6.34. The van der Waals surface area contributed by atoms with Crippen LogP contribution in [0, 0.1) is 0 Å². The maximum Gasteiger partial charge on any atom is 0.0389 e. The maximum atomic E-state index is 3.53. The average Bonchev–Trinajstić information content (AvgIpc) is 2.46. The standard InChI is InChI=1S/C14H22N2/c1-3-4-5-12-6-7-13-11-16(2)9-8-15-14(13)10-12/h6-7,10,15H,3-5,8-9,11H2,1-2H3. The number of hydrogen-bond donors (Lipinski definition) is 1. The van der Waals surface area contributed by atoms with E-state index in [4.69, 9.17) is 0 Å². The number of anilines is 1. The Kier molecular flexibility index (Phi) is 3.83. The fourth-order valence-corrected chi connectivity index (χ4v) is 2.21. The van der Waals surface area contributed by atoms with Crippen LogP contribution in [-0.2, 0) is 13.0 Å². The number of nitrogens with zero attached hydrogens (tertiary/aromatic N) is 1. The molecule has 1 aliphatic rings. The van der Waals surface area contributed by atoms with Gasteiger partial charge in [-0.3, -0.25) is 0 Å². The van der Waals surface area contributed by atoms with Crippen LogP contribution in [0.3, 0.4) is 0 Å². The average molecular weight is 218 g/mol. The first kappa shape index (κ1) is 11.5. The lowest BCUT2D eigenvalue weighted by molar-refractivity contribution is 0.346. The van der Waals surface area contributed by atoms with Crippen molar-refractivity contribution in [2.24, 2.45) is 0 Å². The molecule has 1 N–H and O–H groups in total. The molecule has 0 aliphatic carbocycles. The van der Waals surface area contributed by atoms with Gasteiger partial charge in [-0.05, 0) is 37.1 Å². The lowest BCUT2D eigenvalue weighted by Gasteiger charge is -2.12. The summed E-state index contributed by atoms with van der Waals surface area (Å²) in [5.41, 5.74) is 4.25. The van der Waals surface area contributed by atoms with Gasteiger partial charge in [0.2, 0.25) is 0 Å².